The van der Waals surface area contributed by atoms with Gasteiger partial charge in [-0.3, -0.25) is 4.79 Å². The molecule has 0 radical (unpaired) electrons. The largest absolute Gasteiger partial charge is 0.299 e. The highest BCUT2D eigenvalue weighted by Crippen LogP contribution is 2.49. The summed E-state index contributed by atoms with van der Waals surface area (Å²) >= 11 is 0. The van der Waals surface area contributed by atoms with E-state index in [1.807, 2.05) is 0 Å². The maximum absolute atomic E-state index is 12.1. The molecule has 0 amide bonds. The zero-order chi connectivity index (χ0) is 10.3. The van der Waals surface area contributed by atoms with Gasteiger partial charge in [-0.25, -0.2) is 0 Å². The molecular formula is C14H22O. The summed E-state index contributed by atoms with van der Waals surface area (Å²) in [5.41, 5.74) is 0. The standard InChI is InChI=1S/C14H22O/c15-14-9-10-5-1-2-6-11(10)12-7-3-4-8-13(12)14/h10-13H,1-9H2. The predicted molar refractivity (Wildman–Crippen MR) is 60.5 cm³/mol. The maximum Gasteiger partial charge on any atom is 0.136 e. The lowest BCUT2D eigenvalue weighted by molar-refractivity contribution is -0.134. The second-order valence-corrected chi connectivity index (χ2v) is 5.93. The number of hydrogen-bond acceptors (Lipinski definition) is 1. The lowest BCUT2D eigenvalue weighted by Gasteiger charge is -2.47. The zero-order valence-corrected chi connectivity index (χ0v) is 9.58. The van der Waals surface area contributed by atoms with Crippen molar-refractivity contribution in [1.82, 2.24) is 0 Å². The summed E-state index contributed by atoms with van der Waals surface area (Å²) in [7, 11) is 0. The molecule has 0 aliphatic heterocycles. The summed E-state index contributed by atoms with van der Waals surface area (Å²) < 4.78 is 0. The molecule has 0 N–H and O–H groups in total. The molecule has 3 rings (SSSR count). The number of hydrogen-bond donors (Lipinski definition) is 0. The van der Waals surface area contributed by atoms with Gasteiger partial charge in [0.15, 0.2) is 0 Å². The van der Waals surface area contributed by atoms with Crippen molar-refractivity contribution >= 4 is 5.78 Å². The van der Waals surface area contributed by atoms with Gasteiger partial charge in [0, 0.05) is 12.3 Å². The van der Waals surface area contributed by atoms with Crippen molar-refractivity contribution in [2.45, 2.75) is 57.8 Å². The number of carbonyl (C=O) groups is 1. The lowest BCUT2D eigenvalue weighted by atomic mass is 9.57. The van der Waals surface area contributed by atoms with E-state index in [9.17, 15) is 4.79 Å². The van der Waals surface area contributed by atoms with E-state index in [0.29, 0.717) is 11.7 Å². The van der Waals surface area contributed by atoms with Gasteiger partial charge < -0.3 is 0 Å². The molecule has 1 nitrogen and oxygen atoms in total. The van der Waals surface area contributed by atoms with Crippen molar-refractivity contribution in [2.24, 2.45) is 23.7 Å². The SMILES string of the molecule is O=C1CC2CCCCC2C2CCCCC12. The Labute approximate surface area is 92.6 Å². The van der Waals surface area contributed by atoms with E-state index in [2.05, 4.69) is 0 Å². The van der Waals surface area contributed by atoms with Crippen LogP contribution < -0.4 is 0 Å². The van der Waals surface area contributed by atoms with Crippen molar-refractivity contribution in [2.75, 3.05) is 0 Å². The molecule has 15 heavy (non-hydrogen) atoms. The third-order valence-electron chi connectivity index (χ3n) is 5.21. The minimum Gasteiger partial charge on any atom is -0.299 e. The first-order valence-electron chi connectivity index (χ1n) is 6.89. The third kappa shape index (κ3) is 1.64. The monoisotopic (exact) mass is 206 g/mol. The van der Waals surface area contributed by atoms with Crippen molar-refractivity contribution in [3.63, 3.8) is 0 Å². The minimum absolute atomic E-state index is 0.484. The Bertz CT molecular complexity index is 258. The summed E-state index contributed by atoms with van der Waals surface area (Å²) in [4.78, 5) is 12.1. The summed E-state index contributed by atoms with van der Waals surface area (Å²) in [6, 6.07) is 0. The third-order valence-corrected chi connectivity index (χ3v) is 5.21. The Morgan fingerprint density at radius 2 is 1.47 bits per heavy atom. The molecule has 4 atom stereocenters. The Morgan fingerprint density at radius 3 is 2.33 bits per heavy atom. The molecule has 0 aromatic heterocycles. The van der Waals surface area contributed by atoms with Gasteiger partial charge >= 0.3 is 0 Å². The molecule has 0 aromatic carbocycles. The van der Waals surface area contributed by atoms with Crippen LogP contribution in [0, 0.1) is 23.7 Å². The van der Waals surface area contributed by atoms with Crippen LogP contribution in [0.5, 0.6) is 0 Å². The second-order valence-electron chi connectivity index (χ2n) is 5.93. The first kappa shape index (κ1) is 9.86. The van der Waals surface area contributed by atoms with Crippen LogP contribution in [-0.4, -0.2) is 5.78 Å². The minimum atomic E-state index is 0.484. The van der Waals surface area contributed by atoms with Crippen molar-refractivity contribution < 1.29 is 4.79 Å². The molecule has 0 spiro atoms. The molecule has 3 saturated carbocycles. The molecule has 84 valence electrons. The topological polar surface area (TPSA) is 17.1 Å². The van der Waals surface area contributed by atoms with Crippen molar-refractivity contribution in [3.05, 3.63) is 0 Å². The molecule has 4 unspecified atom stereocenters. The molecule has 3 aliphatic rings. The molecule has 1 heteroatoms. The van der Waals surface area contributed by atoms with Crippen molar-refractivity contribution in [3.8, 4) is 0 Å². The first-order chi connectivity index (χ1) is 7.36. The fourth-order valence-corrected chi connectivity index (χ4v) is 4.54. The number of carbonyl (C=O) groups excluding carboxylic acids is 1. The quantitative estimate of drug-likeness (QED) is 0.592. The van der Waals surface area contributed by atoms with Crippen molar-refractivity contribution in [1.29, 1.82) is 0 Å². The van der Waals surface area contributed by atoms with Crippen LogP contribution >= 0.6 is 0 Å². The van der Waals surface area contributed by atoms with Crippen LogP contribution in [0.3, 0.4) is 0 Å². The van der Waals surface area contributed by atoms with Gasteiger partial charge in [-0.05, 0) is 43.4 Å². The van der Waals surface area contributed by atoms with E-state index in [1.54, 1.807) is 0 Å². The molecular weight excluding hydrogens is 184 g/mol. The number of rotatable bonds is 0. The van der Waals surface area contributed by atoms with Gasteiger partial charge in [-0.2, -0.15) is 0 Å². The Balaban J connectivity index is 1.82. The molecule has 3 aliphatic carbocycles. The van der Waals surface area contributed by atoms with E-state index in [1.165, 1.54) is 51.4 Å². The smallest absolute Gasteiger partial charge is 0.136 e. The highest BCUT2D eigenvalue weighted by atomic mass is 16.1. The Morgan fingerprint density at radius 1 is 0.800 bits per heavy atom. The van der Waals surface area contributed by atoms with Gasteiger partial charge in [0.05, 0.1) is 0 Å². The second kappa shape index (κ2) is 3.92. The molecule has 0 saturated heterocycles. The molecule has 3 fully saturated rings. The molecule has 0 heterocycles. The molecule has 0 bridgehead atoms. The summed E-state index contributed by atoms with van der Waals surface area (Å²) in [6.07, 6.45) is 11.8. The van der Waals surface area contributed by atoms with Crippen LogP contribution in [0.4, 0.5) is 0 Å². The number of ketones is 1. The van der Waals surface area contributed by atoms with E-state index < -0.39 is 0 Å². The van der Waals surface area contributed by atoms with Crippen LogP contribution in [0.1, 0.15) is 57.8 Å². The first-order valence-corrected chi connectivity index (χ1v) is 6.89. The van der Waals surface area contributed by atoms with Gasteiger partial charge in [-0.1, -0.05) is 25.7 Å². The summed E-state index contributed by atoms with van der Waals surface area (Å²) in [5, 5.41) is 0. The van der Waals surface area contributed by atoms with Crippen LogP contribution in [0.25, 0.3) is 0 Å². The fraction of sp³-hybridized carbons (Fsp3) is 0.929. The average molecular weight is 206 g/mol. The lowest BCUT2D eigenvalue weighted by Crippen LogP contribution is -2.43. The van der Waals surface area contributed by atoms with E-state index in [-0.39, 0.29) is 0 Å². The van der Waals surface area contributed by atoms with E-state index in [4.69, 9.17) is 0 Å². The zero-order valence-electron chi connectivity index (χ0n) is 9.58. The van der Waals surface area contributed by atoms with E-state index >= 15 is 0 Å². The van der Waals surface area contributed by atoms with Crippen LogP contribution in [0.2, 0.25) is 0 Å². The predicted octanol–water partition coefficient (Wildman–Crippen LogP) is 3.57. The van der Waals surface area contributed by atoms with Gasteiger partial charge in [-0.15, -0.1) is 0 Å². The summed E-state index contributed by atoms with van der Waals surface area (Å²) in [5.74, 6) is 3.62. The number of fused-ring (bicyclic) bond motifs is 3. The fourth-order valence-electron chi connectivity index (χ4n) is 4.54. The van der Waals surface area contributed by atoms with Crippen LogP contribution in [-0.2, 0) is 4.79 Å². The molecule has 0 aromatic rings. The van der Waals surface area contributed by atoms with E-state index in [0.717, 1.165) is 24.2 Å². The normalized spacial score (nSPS) is 45.7. The summed E-state index contributed by atoms with van der Waals surface area (Å²) in [6.45, 7) is 0. The maximum atomic E-state index is 12.1. The van der Waals surface area contributed by atoms with Gasteiger partial charge in [0.25, 0.3) is 0 Å². The average Bonchev–Trinajstić information content (AvgIpc) is 2.30. The van der Waals surface area contributed by atoms with Crippen LogP contribution in [0.15, 0.2) is 0 Å². The highest BCUT2D eigenvalue weighted by molar-refractivity contribution is 5.82. The Kier molecular flexibility index (Phi) is 2.58. The highest BCUT2D eigenvalue weighted by Gasteiger charge is 2.44. The van der Waals surface area contributed by atoms with Gasteiger partial charge in [0.2, 0.25) is 0 Å². The number of Topliss-reactive ketones (excluding diaryl/α,β-unsaturated/α-hetero) is 1. The Hall–Kier alpha value is -0.330. The van der Waals surface area contributed by atoms with Gasteiger partial charge in [0.1, 0.15) is 5.78 Å².